The molecule has 0 aliphatic carbocycles. The summed E-state index contributed by atoms with van der Waals surface area (Å²) in [6, 6.07) is 7.96. The largest absolute Gasteiger partial charge is 0.494 e. The second kappa shape index (κ2) is 5.89. The number of hydrogen-bond donors (Lipinski definition) is 1. The molecule has 0 fully saturated rings. The fourth-order valence-corrected chi connectivity index (χ4v) is 1.48. The van der Waals surface area contributed by atoms with Crippen molar-refractivity contribution in [3.05, 3.63) is 29.8 Å². The maximum absolute atomic E-state index is 10.9. The molecule has 0 saturated heterocycles. The van der Waals surface area contributed by atoms with Gasteiger partial charge in [0.1, 0.15) is 5.75 Å². The van der Waals surface area contributed by atoms with Gasteiger partial charge in [-0.05, 0) is 43.9 Å². The first-order chi connectivity index (χ1) is 8.33. The Kier molecular flexibility index (Phi) is 4.76. The molecule has 18 heavy (non-hydrogen) atoms. The van der Waals surface area contributed by atoms with Crippen LogP contribution in [0.1, 0.15) is 45.6 Å². The summed E-state index contributed by atoms with van der Waals surface area (Å²) in [4.78, 5) is 10.9. The van der Waals surface area contributed by atoms with Gasteiger partial charge in [-0.2, -0.15) is 0 Å². The van der Waals surface area contributed by atoms with E-state index in [-0.39, 0.29) is 0 Å². The maximum Gasteiger partial charge on any atom is 0.309 e. The highest BCUT2D eigenvalue weighted by Gasteiger charge is 2.26. The monoisotopic (exact) mass is 250 g/mol. The van der Waals surface area contributed by atoms with Crippen LogP contribution in [0.4, 0.5) is 0 Å². The maximum atomic E-state index is 10.9. The van der Waals surface area contributed by atoms with Gasteiger partial charge in [0, 0.05) is 0 Å². The number of carbonyl (C=O) groups is 1. The van der Waals surface area contributed by atoms with Crippen molar-refractivity contribution in [2.24, 2.45) is 5.41 Å². The molecular formula is C15H22O3. The molecule has 1 aromatic carbocycles. The van der Waals surface area contributed by atoms with Gasteiger partial charge in [-0.15, -0.1) is 0 Å². The Balaban J connectivity index is 2.47. The zero-order valence-electron chi connectivity index (χ0n) is 11.6. The van der Waals surface area contributed by atoms with Crippen LogP contribution in [0.5, 0.6) is 5.75 Å². The van der Waals surface area contributed by atoms with Crippen LogP contribution in [-0.4, -0.2) is 17.7 Å². The van der Waals surface area contributed by atoms with Gasteiger partial charge in [-0.3, -0.25) is 4.79 Å². The van der Waals surface area contributed by atoms with Crippen molar-refractivity contribution in [2.75, 3.05) is 6.61 Å². The van der Waals surface area contributed by atoms with Crippen molar-refractivity contribution < 1.29 is 14.6 Å². The van der Waals surface area contributed by atoms with Crippen molar-refractivity contribution >= 4 is 5.97 Å². The quantitative estimate of drug-likeness (QED) is 0.837. The van der Waals surface area contributed by atoms with Gasteiger partial charge >= 0.3 is 5.97 Å². The van der Waals surface area contributed by atoms with Gasteiger partial charge in [0.25, 0.3) is 0 Å². The van der Waals surface area contributed by atoms with Crippen LogP contribution in [0, 0.1) is 5.41 Å². The third-order valence-electron chi connectivity index (χ3n) is 3.12. The number of hydrogen-bond acceptors (Lipinski definition) is 2. The van der Waals surface area contributed by atoms with Gasteiger partial charge in [0.2, 0.25) is 0 Å². The second-order valence-electron chi connectivity index (χ2n) is 5.51. The molecule has 0 unspecified atom stereocenters. The molecule has 100 valence electrons. The molecule has 0 aliphatic rings. The molecule has 0 atom stereocenters. The summed E-state index contributed by atoms with van der Waals surface area (Å²) in [6.07, 6.45) is 0.494. The van der Waals surface area contributed by atoms with Crippen LogP contribution in [0.15, 0.2) is 24.3 Å². The molecule has 0 aromatic heterocycles. The highest BCUT2D eigenvalue weighted by Crippen LogP contribution is 2.22. The van der Waals surface area contributed by atoms with Crippen LogP contribution in [0.25, 0.3) is 0 Å². The topological polar surface area (TPSA) is 46.5 Å². The molecule has 0 heterocycles. The molecule has 0 saturated carbocycles. The average molecular weight is 250 g/mol. The van der Waals surface area contributed by atoms with Gasteiger partial charge in [-0.1, -0.05) is 26.0 Å². The van der Waals surface area contributed by atoms with Crippen molar-refractivity contribution in [1.29, 1.82) is 0 Å². The lowest BCUT2D eigenvalue weighted by molar-refractivity contribution is -0.147. The highest BCUT2D eigenvalue weighted by atomic mass is 16.5. The van der Waals surface area contributed by atoms with Crippen LogP contribution >= 0.6 is 0 Å². The van der Waals surface area contributed by atoms with E-state index in [0.29, 0.717) is 18.9 Å². The summed E-state index contributed by atoms with van der Waals surface area (Å²) < 4.78 is 5.56. The highest BCUT2D eigenvalue weighted by molar-refractivity contribution is 5.73. The van der Waals surface area contributed by atoms with Crippen LogP contribution in [-0.2, 0) is 4.79 Å². The average Bonchev–Trinajstić information content (AvgIpc) is 2.29. The SMILES string of the molecule is CC(C)c1ccc(OCCC(C)(C)C(=O)O)cc1. The van der Waals surface area contributed by atoms with Crippen molar-refractivity contribution in [1.82, 2.24) is 0 Å². The standard InChI is InChI=1S/C15H22O3/c1-11(2)12-5-7-13(8-6-12)18-10-9-15(3,4)14(16)17/h5-8,11H,9-10H2,1-4H3,(H,16,17). The van der Waals surface area contributed by atoms with Crippen LogP contribution in [0.3, 0.4) is 0 Å². The second-order valence-corrected chi connectivity index (χ2v) is 5.51. The van der Waals surface area contributed by atoms with Gasteiger partial charge in [0.15, 0.2) is 0 Å². The molecule has 0 aliphatic heterocycles. The van der Waals surface area contributed by atoms with Crippen molar-refractivity contribution in [3.8, 4) is 5.75 Å². The molecule has 1 N–H and O–H groups in total. The van der Waals surface area contributed by atoms with E-state index in [1.165, 1.54) is 5.56 Å². The van der Waals surface area contributed by atoms with Gasteiger partial charge in [0.05, 0.1) is 12.0 Å². The van der Waals surface area contributed by atoms with E-state index in [9.17, 15) is 4.79 Å². The van der Waals surface area contributed by atoms with E-state index in [4.69, 9.17) is 9.84 Å². The molecule has 3 nitrogen and oxygen atoms in total. The van der Waals surface area contributed by atoms with Gasteiger partial charge < -0.3 is 9.84 Å². The first kappa shape index (κ1) is 14.6. The number of aliphatic carboxylic acids is 1. The summed E-state index contributed by atoms with van der Waals surface area (Å²) in [6.45, 7) is 8.12. The smallest absolute Gasteiger partial charge is 0.309 e. The first-order valence-electron chi connectivity index (χ1n) is 6.29. The summed E-state index contributed by atoms with van der Waals surface area (Å²) in [5.74, 6) is 0.506. The third-order valence-corrected chi connectivity index (χ3v) is 3.12. The Morgan fingerprint density at radius 2 is 1.83 bits per heavy atom. The Morgan fingerprint density at radius 1 is 1.28 bits per heavy atom. The molecule has 1 aromatic rings. The lowest BCUT2D eigenvalue weighted by atomic mass is 9.90. The zero-order chi connectivity index (χ0) is 13.8. The van der Waals surface area contributed by atoms with Crippen LogP contribution < -0.4 is 4.74 Å². The lowest BCUT2D eigenvalue weighted by Crippen LogP contribution is -2.25. The van der Waals surface area contributed by atoms with Crippen LogP contribution in [0.2, 0.25) is 0 Å². The molecule has 0 amide bonds. The van der Waals surface area contributed by atoms with E-state index >= 15 is 0 Å². The van der Waals surface area contributed by atoms with E-state index in [2.05, 4.69) is 13.8 Å². The first-order valence-corrected chi connectivity index (χ1v) is 6.29. The molecule has 0 bridgehead atoms. The number of ether oxygens (including phenoxy) is 1. The zero-order valence-corrected chi connectivity index (χ0v) is 11.6. The minimum absolute atomic E-state index is 0.417. The van der Waals surface area contributed by atoms with E-state index < -0.39 is 11.4 Å². The number of rotatable bonds is 6. The minimum Gasteiger partial charge on any atom is -0.494 e. The molecule has 3 heteroatoms. The Hall–Kier alpha value is -1.51. The van der Waals surface area contributed by atoms with Crippen molar-refractivity contribution in [3.63, 3.8) is 0 Å². The third kappa shape index (κ3) is 4.06. The van der Waals surface area contributed by atoms with E-state index in [1.54, 1.807) is 13.8 Å². The normalized spacial score (nSPS) is 11.6. The summed E-state index contributed by atoms with van der Waals surface area (Å²) in [5, 5.41) is 8.98. The number of benzene rings is 1. The van der Waals surface area contributed by atoms with Gasteiger partial charge in [-0.25, -0.2) is 0 Å². The Morgan fingerprint density at radius 3 is 2.28 bits per heavy atom. The van der Waals surface area contributed by atoms with Crippen molar-refractivity contribution in [2.45, 2.75) is 40.0 Å². The predicted molar refractivity (Wildman–Crippen MR) is 72.1 cm³/mol. The number of carboxylic acids is 1. The molecule has 0 radical (unpaired) electrons. The Labute approximate surface area is 109 Å². The fraction of sp³-hybridized carbons (Fsp3) is 0.533. The Bertz CT molecular complexity index is 391. The fourth-order valence-electron chi connectivity index (χ4n) is 1.48. The van der Waals surface area contributed by atoms with E-state index in [0.717, 1.165) is 5.75 Å². The molecular weight excluding hydrogens is 228 g/mol. The number of carboxylic acid groups (broad SMARTS) is 1. The summed E-state index contributed by atoms with van der Waals surface area (Å²) >= 11 is 0. The minimum atomic E-state index is -0.791. The molecule has 1 rings (SSSR count). The summed E-state index contributed by atoms with van der Waals surface area (Å²) in [5.41, 5.74) is 0.533. The van der Waals surface area contributed by atoms with E-state index in [1.807, 2.05) is 24.3 Å². The molecule has 0 spiro atoms. The predicted octanol–water partition coefficient (Wildman–Crippen LogP) is 3.69. The summed E-state index contributed by atoms with van der Waals surface area (Å²) in [7, 11) is 0. The lowest BCUT2D eigenvalue weighted by Gasteiger charge is -2.19.